The summed E-state index contributed by atoms with van der Waals surface area (Å²) in [5, 5.41) is 2.73. The van der Waals surface area contributed by atoms with Crippen LogP contribution in [0.2, 0.25) is 0 Å². The van der Waals surface area contributed by atoms with Crippen molar-refractivity contribution in [2.24, 2.45) is 0 Å². The molecule has 1 amide bonds. The number of rotatable bonds is 7. The second kappa shape index (κ2) is 8.70. The second-order valence-corrected chi connectivity index (χ2v) is 5.12. The van der Waals surface area contributed by atoms with Gasteiger partial charge in [0.05, 0.1) is 46.2 Å². The normalized spacial score (nSPS) is 10.0. The van der Waals surface area contributed by atoms with Crippen LogP contribution >= 0.6 is 0 Å². The van der Waals surface area contributed by atoms with E-state index in [1.54, 1.807) is 18.2 Å². The molecule has 0 spiro atoms. The number of carbonyl (C=O) groups is 2. The summed E-state index contributed by atoms with van der Waals surface area (Å²) in [4.78, 5) is 28.1. The third-order valence-corrected chi connectivity index (χ3v) is 3.59. The highest BCUT2D eigenvalue weighted by Gasteiger charge is 2.17. The monoisotopic (exact) mass is 360 g/mol. The SMILES string of the molecule is COC(=O)c1ccnc(CNC(=O)c2cc(OC)c(OC)c(OC)c2)c1. The minimum atomic E-state index is -0.468. The molecule has 0 saturated heterocycles. The molecule has 0 aliphatic rings. The Morgan fingerprint density at radius 3 is 2.15 bits per heavy atom. The van der Waals surface area contributed by atoms with Crippen molar-refractivity contribution in [1.82, 2.24) is 10.3 Å². The smallest absolute Gasteiger partial charge is 0.337 e. The zero-order valence-corrected chi connectivity index (χ0v) is 15.0. The molecule has 8 nitrogen and oxygen atoms in total. The van der Waals surface area contributed by atoms with Crippen LogP contribution in [0.1, 0.15) is 26.4 Å². The van der Waals surface area contributed by atoms with Gasteiger partial charge in [-0.15, -0.1) is 0 Å². The average Bonchev–Trinajstić information content (AvgIpc) is 2.70. The Hall–Kier alpha value is -3.29. The number of benzene rings is 1. The lowest BCUT2D eigenvalue weighted by molar-refractivity contribution is 0.0600. The van der Waals surface area contributed by atoms with Gasteiger partial charge >= 0.3 is 5.97 Å². The summed E-state index contributed by atoms with van der Waals surface area (Å²) in [6.45, 7) is 0.139. The molecule has 0 fully saturated rings. The summed E-state index contributed by atoms with van der Waals surface area (Å²) in [5.74, 6) is 0.337. The molecule has 2 aromatic rings. The number of hydrogen-bond donors (Lipinski definition) is 1. The second-order valence-electron chi connectivity index (χ2n) is 5.12. The number of nitrogens with zero attached hydrogens (tertiary/aromatic N) is 1. The van der Waals surface area contributed by atoms with Crippen LogP contribution in [-0.2, 0) is 11.3 Å². The molecule has 0 unspecified atom stereocenters. The third-order valence-electron chi connectivity index (χ3n) is 3.59. The lowest BCUT2D eigenvalue weighted by Crippen LogP contribution is -2.23. The van der Waals surface area contributed by atoms with Gasteiger partial charge in [0.1, 0.15) is 0 Å². The van der Waals surface area contributed by atoms with Gasteiger partial charge < -0.3 is 24.3 Å². The van der Waals surface area contributed by atoms with Crippen LogP contribution < -0.4 is 19.5 Å². The van der Waals surface area contributed by atoms with Crippen molar-refractivity contribution in [2.75, 3.05) is 28.4 Å². The molecule has 8 heteroatoms. The molecule has 26 heavy (non-hydrogen) atoms. The molecule has 0 saturated carbocycles. The molecule has 1 heterocycles. The Bertz CT molecular complexity index is 781. The van der Waals surface area contributed by atoms with Crippen LogP contribution in [0.5, 0.6) is 17.2 Å². The topological polar surface area (TPSA) is 96.0 Å². The van der Waals surface area contributed by atoms with Gasteiger partial charge in [0.15, 0.2) is 11.5 Å². The molecule has 0 radical (unpaired) electrons. The number of aromatic nitrogens is 1. The highest BCUT2D eigenvalue weighted by Crippen LogP contribution is 2.38. The van der Waals surface area contributed by atoms with Gasteiger partial charge in [0.2, 0.25) is 5.75 Å². The van der Waals surface area contributed by atoms with Gasteiger partial charge in [-0.3, -0.25) is 9.78 Å². The Kier molecular flexibility index (Phi) is 6.37. The fourth-order valence-electron chi connectivity index (χ4n) is 2.30. The van der Waals surface area contributed by atoms with Crippen LogP contribution in [0.25, 0.3) is 0 Å². The number of ether oxygens (including phenoxy) is 4. The minimum Gasteiger partial charge on any atom is -0.493 e. The van der Waals surface area contributed by atoms with Crippen LogP contribution in [-0.4, -0.2) is 45.3 Å². The van der Waals surface area contributed by atoms with E-state index < -0.39 is 5.97 Å². The van der Waals surface area contributed by atoms with E-state index in [1.165, 1.54) is 40.7 Å². The van der Waals surface area contributed by atoms with Crippen molar-refractivity contribution in [3.8, 4) is 17.2 Å². The standard InChI is InChI=1S/C18H20N2O6/c1-23-14-8-12(9-15(24-2)16(14)25-3)17(21)20-10-13-7-11(5-6-19-13)18(22)26-4/h5-9H,10H2,1-4H3,(H,20,21). The van der Waals surface area contributed by atoms with E-state index in [2.05, 4.69) is 15.0 Å². The van der Waals surface area contributed by atoms with Gasteiger partial charge in [-0.05, 0) is 24.3 Å². The van der Waals surface area contributed by atoms with E-state index in [0.29, 0.717) is 34.1 Å². The Labute approximate surface area is 151 Å². The number of methoxy groups -OCH3 is 4. The zero-order chi connectivity index (χ0) is 19.1. The summed E-state index contributed by atoms with van der Waals surface area (Å²) >= 11 is 0. The molecule has 138 valence electrons. The summed E-state index contributed by atoms with van der Waals surface area (Å²) in [5.41, 5.74) is 1.22. The van der Waals surface area contributed by atoms with E-state index in [0.717, 1.165) is 0 Å². The van der Waals surface area contributed by atoms with Crippen LogP contribution in [0.3, 0.4) is 0 Å². The van der Waals surface area contributed by atoms with Gasteiger partial charge in [-0.2, -0.15) is 0 Å². The van der Waals surface area contributed by atoms with Crippen molar-refractivity contribution >= 4 is 11.9 Å². The van der Waals surface area contributed by atoms with Crippen LogP contribution in [0.4, 0.5) is 0 Å². The van der Waals surface area contributed by atoms with E-state index in [4.69, 9.17) is 14.2 Å². The number of nitrogens with one attached hydrogen (secondary N) is 1. The first-order valence-electron chi connectivity index (χ1n) is 7.65. The molecular formula is C18H20N2O6. The molecular weight excluding hydrogens is 340 g/mol. The zero-order valence-electron chi connectivity index (χ0n) is 15.0. The van der Waals surface area contributed by atoms with Crippen molar-refractivity contribution in [2.45, 2.75) is 6.54 Å². The molecule has 1 N–H and O–H groups in total. The number of esters is 1. The predicted molar refractivity (Wildman–Crippen MR) is 92.8 cm³/mol. The third kappa shape index (κ3) is 4.21. The summed E-state index contributed by atoms with van der Waals surface area (Å²) < 4.78 is 20.4. The fraction of sp³-hybridized carbons (Fsp3) is 0.278. The molecule has 0 atom stereocenters. The average molecular weight is 360 g/mol. The molecule has 0 aliphatic carbocycles. The Morgan fingerprint density at radius 1 is 0.962 bits per heavy atom. The number of amides is 1. The Balaban J connectivity index is 2.17. The minimum absolute atomic E-state index is 0.139. The largest absolute Gasteiger partial charge is 0.493 e. The van der Waals surface area contributed by atoms with E-state index in [1.807, 2.05) is 0 Å². The first-order chi connectivity index (χ1) is 12.5. The highest BCUT2D eigenvalue weighted by atomic mass is 16.5. The van der Waals surface area contributed by atoms with Crippen molar-refractivity contribution < 1.29 is 28.5 Å². The molecule has 1 aromatic carbocycles. The first-order valence-corrected chi connectivity index (χ1v) is 7.65. The lowest BCUT2D eigenvalue weighted by Gasteiger charge is -2.14. The van der Waals surface area contributed by atoms with E-state index in [9.17, 15) is 9.59 Å². The summed E-state index contributed by atoms with van der Waals surface area (Å²) in [7, 11) is 5.73. The van der Waals surface area contributed by atoms with E-state index >= 15 is 0 Å². The van der Waals surface area contributed by atoms with Crippen molar-refractivity contribution in [1.29, 1.82) is 0 Å². The lowest BCUT2D eigenvalue weighted by atomic mass is 10.1. The molecule has 1 aromatic heterocycles. The molecule has 0 aliphatic heterocycles. The van der Waals surface area contributed by atoms with Crippen molar-refractivity contribution in [3.05, 3.63) is 47.3 Å². The van der Waals surface area contributed by atoms with Gasteiger partial charge in [0.25, 0.3) is 5.91 Å². The maximum Gasteiger partial charge on any atom is 0.337 e. The molecule has 0 bridgehead atoms. The summed E-state index contributed by atoms with van der Waals surface area (Å²) in [6, 6.07) is 6.20. The van der Waals surface area contributed by atoms with Crippen molar-refractivity contribution in [3.63, 3.8) is 0 Å². The number of hydrogen-bond acceptors (Lipinski definition) is 7. The van der Waals surface area contributed by atoms with Gasteiger partial charge in [-0.25, -0.2) is 4.79 Å². The quantitative estimate of drug-likeness (QED) is 0.753. The highest BCUT2D eigenvalue weighted by molar-refractivity contribution is 5.95. The molecule has 2 rings (SSSR count). The van der Waals surface area contributed by atoms with Gasteiger partial charge in [-0.1, -0.05) is 0 Å². The predicted octanol–water partition coefficient (Wildman–Crippen LogP) is 1.82. The maximum absolute atomic E-state index is 12.4. The number of carbonyl (C=O) groups excluding carboxylic acids is 2. The fourth-order valence-corrected chi connectivity index (χ4v) is 2.30. The maximum atomic E-state index is 12.4. The van der Waals surface area contributed by atoms with E-state index in [-0.39, 0.29) is 12.5 Å². The summed E-state index contributed by atoms with van der Waals surface area (Å²) in [6.07, 6.45) is 1.48. The Morgan fingerprint density at radius 2 is 1.62 bits per heavy atom. The van der Waals surface area contributed by atoms with Gasteiger partial charge in [0, 0.05) is 11.8 Å². The first kappa shape index (κ1) is 19.0. The van der Waals surface area contributed by atoms with Crippen LogP contribution in [0, 0.1) is 0 Å². The number of pyridine rings is 1. The van der Waals surface area contributed by atoms with Crippen LogP contribution in [0.15, 0.2) is 30.5 Å².